The molecule has 0 radical (unpaired) electrons. The van der Waals surface area contributed by atoms with Crippen molar-refractivity contribution >= 4 is 21.7 Å². The molecule has 0 heterocycles. The molecule has 1 fully saturated rings. The van der Waals surface area contributed by atoms with Crippen molar-refractivity contribution in [2.24, 2.45) is 11.3 Å². The van der Waals surface area contributed by atoms with Gasteiger partial charge in [0.25, 0.3) is 0 Å². The molecule has 1 aromatic carbocycles. The van der Waals surface area contributed by atoms with Gasteiger partial charge in [-0.1, -0.05) is 48.0 Å². The summed E-state index contributed by atoms with van der Waals surface area (Å²) < 4.78 is 1.04. The van der Waals surface area contributed by atoms with E-state index in [4.69, 9.17) is 0 Å². The van der Waals surface area contributed by atoms with Crippen LogP contribution in [-0.4, -0.2) is 5.78 Å². The first-order valence-corrected chi connectivity index (χ1v) is 6.06. The summed E-state index contributed by atoms with van der Waals surface area (Å²) in [7, 11) is 0. The van der Waals surface area contributed by atoms with Gasteiger partial charge in [-0.15, -0.1) is 0 Å². The molecule has 1 nitrogen and oxygen atoms in total. The predicted octanol–water partition coefficient (Wildman–Crippen LogP) is 3.61. The standard InChI is InChI=1S/C13H15BrO/c1-13(2)8-10(13)12(15)7-9-5-3-4-6-11(9)14/h3-6,10H,7-8H2,1-2H3. The minimum absolute atomic E-state index is 0.248. The molecule has 0 aliphatic heterocycles. The third kappa shape index (κ3) is 2.31. The van der Waals surface area contributed by atoms with E-state index in [0.29, 0.717) is 12.2 Å². The van der Waals surface area contributed by atoms with Crippen molar-refractivity contribution in [2.45, 2.75) is 26.7 Å². The van der Waals surface area contributed by atoms with Gasteiger partial charge >= 0.3 is 0 Å². The van der Waals surface area contributed by atoms with Gasteiger partial charge in [-0.3, -0.25) is 4.79 Å². The molecule has 0 spiro atoms. The van der Waals surface area contributed by atoms with E-state index in [1.807, 2.05) is 24.3 Å². The maximum absolute atomic E-state index is 11.9. The Balaban J connectivity index is 2.05. The number of halogens is 1. The van der Waals surface area contributed by atoms with Crippen LogP contribution in [0.3, 0.4) is 0 Å². The van der Waals surface area contributed by atoms with E-state index in [1.54, 1.807) is 0 Å². The highest BCUT2D eigenvalue weighted by molar-refractivity contribution is 9.10. The lowest BCUT2D eigenvalue weighted by molar-refractivity contribution is -0.120. The second-order valence-corrected chi connectivity index (χ2v) is 5.83. The summed E-state index contributed by atoms with van der Waals surface area (Å²) in [6, 6.07) is 7.95. The highest BCUT2D eigenvalue weighted by Crippen LogP contribution is 2.52. The van der Waals surface area contributed by atoms with Crippen molar-refractivity contribution < 1.29 is 4.79 Å². The third-order valence-corrected chi connectivity index (χ3v) is 4.00. The minimum Gasteiger partial charge on any atom is -0.299 e. The zero-order valence-electron chi connectivity index (χ0n) is 9.09. The Bertz CT molecular complexity index is 395. The van der Waals surface area contributed by atoms with E-state index in [1.165, 1.54) is 0 Å². The highest BCUT2D eigenvalue weighted by atomic mass is 79.9. The molecule has 80 valence electrons. The molecule has 0 N–H and O–H groups in total. The molecule has 0 amide bonds. The van der Waals surface area contributed by atoms with Crippen LogP contribution in [0.2, 0.25) is 0 Å². The van der Waals surface area contributed by atoms with Gasteiger partial charge in [-0.2, -0.15) is 0 Å². The number of Topliss-reactive ketones (excluding diaryl/α,β-unsaturated/α-hetero) is 1. The Hall–Kier alpha value is -0.630. The van der Waals surface area contributed by atoms with Crippen molar-refractivity contribution in [1.29, 1.82) is 0 Å². The number of hydrogen-bond donors (Lipinski definition) is 0. The Morgan fingerprint density at radius 1 is 1.47 bits per heavy atom. The normalized spacial score (nSPS) is 22.5. The predicted molar refractivity (Wildman–Crippen MR) is 64.7 cm³/mol. The van der Waals surface area contributed by atoms with Crippen LogP contribution in [-0.2, 0) is 11.2 Å². The van der Waals surface area contributed by atoms with Gasteiger partial charge in [-0.25, -0.2) is 0 Å². The summed E-state index contributed by atoms with van der Waals surface area (Å²) in [6.07, 6.45) is 1.62. The van der Waals surface area contributed by atoms with Gasteiger partial charge in [0.15, 0.2) is 0 Å². The quantitative estimate of drug-likeness (QED) is 0.817. The molecule has 0 bridgehead atoms. The molecule has 2 rings (SSSR count). The molecule has 1 aliphatic rings. The van der Waals surface area contributed by atoms with E-state index >= 15 is 0 Å². The molecular weight excluding hydrogens is 252 g/mol. The molecule has 1 atom stereocenters. The summed E-state index contributed by atoms with van der Waals surface area (Å²) in [5, 5.41) is 0. The molecular formula is C13H15BrO. The van der Waals surface area contributed by atoms with E-state index < -0.39 is 0 Å². The lowest BCUT2D eigenvalue weighted by Crippen LogP contribution is -2.09. The summed E-state index contributed by atoms with van der Waals surface area (Å²) in [5.74, 6) is 0.663. The molecule has 1 aromatic rings. The number of rotatable bonds is 3. The summed E-state index contributed by atoms with van der Waals surface area (Å²) in [5.41, 5.74) is 1.35. The van der Waals surface area contributed by atoms with Crippen molar-refractivity contribution in [3.8, 4) is 0 Å². The number of carbonyl (C=O) groups is 1. The molecule has 1 unspecified atom stereocenters. The van der Waals surface area contributed by atoms with Crippen molar-refractivity contribution in [2.75, 3.05) is 0 Å². The van der Waals surface area contributed by atoms with Gasteiger partial charge in [-0.05, 0) is 23.5 Å². The number of carbonyl (C=O) groups excluding carboxylic acids is 1. The van der Waals surface area contributed by atoms with Gasteiger partial charge < -0.3 is 0 Å². The molecule has 0 aromatic heterocycles. The van der Waals surface area contributed by atoms with Crippen LogP contribution in [0.4, 0.5) is 0 Å². The molecule has 1 aliphatic carbocycles. The van der Waals surface area contributed by atoms with Crippen LogP contribution in [0.1, 0.15) is 25.8 Å². The maximum atomic E-state index is 11.9. The fourth-order valence-electron chi connectivity index (χ4n) is 1.97. The van der Waals surface area contributed by atoms with Crippen molar-refractivity contribution in [3.05, 3.63) is 34.3 Å². The van der Waals surface area contributed by atoms with Gasteiger partial charge in [0.1, 0.15) is 5.78 Å². The number of hydrogen-bond acceptors (Lipinski definition) is 1. The highest BCUT2D eigenvalue weighted by Gasteiger charge is 2.49. The average Bonchev–Trinajstić information content (AvgIpc) is 2.79. The Morgan fingerprint density at radius 3 is 2.60 bits per heavy atom. The summed E-state index contributed by atoms with van der Waals surface area (Å²) in [6.45, 7) is 4.32. The average molecular weight is 267 g/mol. The lowest BCUT2D eigenvalue weighted by Gasteiger charge is -2.04. The zero-order valence-corrected chi connectivity index (χ0v) is 10.7. The molecule has 2 heteroatoms. The molecule has 15 heavy (non-hydrogen) atoms. The summed E-state index contributed by atoms with van der Waals surface area (Å²) in [4.78, 5) is 11.9. The lowest BCUT2D eigenvalue weighted by atomic mass is 10.0. The summed E-state index contributed by atoms with van der Waals surface area (Å²) >= 11 is 3.47. The fraction of sp³-hybridized carbons (Fsp3) is 0.462. The maximum Gasteiger partial charge on any atom is 0.140 e. The van der Waals surface area contributed by atoms with E-state index in [2.05, 4.69) is 29.8 Å². The van der Waals surface area contributed by atoms with Crippen LogP contribution < -0.4 is 0 Å². The number of ketones is 1. The first-order valence-electron chi connectivity index (χ1n) is 5.27. The first kappa shape index (κ1) is 10.9. The first-order chi connectivity index (χ1) is 7.00. The Labute approximate surface area is 99.0 Å². The van der Waals surface area contributed by atoms with Crippen molar-refractivity contribution in [3.63, 3.8) is 0 Å². The SMILES string of the molecule is CC1(C)CC1C(=O)Cc1ccccc1Br. The van der Waals surface area contributed by atoms with Crippen molar-refractivity contribution in [1.82, 2.24) is 0 Å². The monoisotopic (exact) mass is 266 g/mol. The van der Waals surface area contributed by atoms with Gasteiger partial charge in [0.05, 0.1) is 0 Å². The zero-order chi connectivity index (χ0) is 11.1. The number of benzene rings is 1. The Morgan fingerprint density at radius 2 is 2.07 bits per heavy atom. The largest absolute Gasteiger partial charge is 0.299 e. The second kappa shape index (κ2) is 3.75. The minimum atomic E-state index is 0.248. The van der Waals surface area contributed by atoms with Gasteiger partial charge in [0, 0.05) is 16.8 Å². The fourth-order valence-corrected chi connectivity index (χ4v) is 2.39. The van der Waals surface area contributed by atoms with Crippen LogP contribution in [0.5, 0.6) is 0 Å². The van der Waals surface area contributed by atoms with Crippen LogP contribution >= 0.6 is 15.9 Å². The van der Waals surface area contributed by atoms with E-state index in [0.717, 1.165) is 16.5 Å². The van der Waals surface area contributed by atoms with E-state index in [9.17, 15) is 4.79 Å². The van der Waals surface area contributed by atoms with Crippen LogP contribution in [0.25, 0.3) is 0 Å². The molecule has 0 saturated heterocycles. The van der Waals surface area contributed by atoms with Gasteiger partial charge in [0.2, 0.25) is 0 Å². The van der Waals surface area contributed by atoms with E-state index in [-0.39, 0.29) is 11.3 Å². The second-order valence-electron chi connectivity index (χ2n) is 4.98. The van der Waals surface area contributed by atoms with Crippen LogP contribution in [0.15, 0.2) is 28.7 Å². The topological polar surface area (TPSA) is 17.1 Å². The smallest absolute Gasteiger partial charge is 0.140 e. The third-order valence-electron chi connectivity index (χ3n) is 3.22. The Kier molecular flexibility index (Phi) is 2.72. The van der Waals surface area contributed by atoms with Crippen LogP contribution in [0, 0.1) is 11.3 Å². The molecule has 1 saturated carbocycles.